The Bertz CT molecular complexity index is 357. The van der Waals surface area contributed by atoms with Gasteiger partial charge in [0.05, 0.1) is 0 Å². The van der Waals surface area contributed by atoms with Gasteiger partial charge in [-0.15, -0.1) is 0 Å². The minimum absolute atomic E-state index is 0.432. The fourth-order valence-electron chi connectivity index (χ4n) is 1.37. The second-order valence-corrected chi connectivity index (χ2v) is 3.26. The van der Waals surface area contributed by atoms with Crippen LogP contribution in [0.1, 0.15) is 5.56 Å². The van der Waals surface area contributed by atoms with Gasteiger partial charge in [-0.3, -0.25) is 9.59 Å². The third-order valence-electron chi connectivity index (χ3n) is 2.29. The number of carbonyl (C=O) groups excluding carboxylic acids is 2. The third-order valence-corrected chi connectivity index (χ3v) is 2.29. The lowest BCUT2D eigenvalue weighted by molar-refractivity contribution is -0.114. The van der Waals surface area contributed by atoms with E-state index in [2.05, 4.69) is 10.6 Å². The Hall–Kier alpha value is -1.92. The summed E-state index contributed by atoms with van der Waals surface area (Å²) in [5.74, 6) is 0. The maximum atomic E-state index is 10.5. The van der Waals surface area contributed by atoms with Crippen LogP contribution in [-0.4, -0.2) is 19.0 Å². The van der Waals surface area contributed by atoms with Crippen molar-refractivity contribution in [3.63, 3.8) is 0 Å². The molecular weight excluding hydrogens is 208 g/mol. The van der Waals surface area contributed by atoms with Crippen molar-refractivity contribution < 1.29 is 9.59 Å². The number of carbonyl (C=O) groups is 2. The Labute approximate surface area is 93.0 Å². The number of nitrogens with two attached hydrogens (primary N) is 2. The standard InChI is InChI=1S/C10H14N4O2/c11-9(13-6-15)10(12,14-7-16)8-4-2-1-3-5-8/h1-7,9H,11-12H2,(H,13,15)(H,14,16). The van der Waals surface area contributed by atoms with Crippen molar-refractivity contribution in [3.8, 4) is 0 Å². The van der Waals surface area contributed by atoms with E-state index in [9.17, 15) is 9.59 Å². The van der Waals surface area contributed by atoms with Crippen molar-refractivity contribution in [1.82, 2.24) is 10.6 Å². The molecule has 0 spiro atoms. The van der Waals surface area contributed by atoms with E-state index in [0.717, 1.165) is 0 Å². The molecule has 6 N–H and O–H groups in total. The van der Waals surface area contributed by atoms with Gasteiger partial charge in [-0.25, -0.2) is 0 Å². The smallest absolute Gasteiger partial charge is 0.208 e. The van der Waals surface area contributed by atoms with Gasteiger partial charge in [0.25, 0.3) is 0 Å². The van der Waals surface area contributed by atoms with Crippen molar-refractivity contribution in [2.45, 2.75) is 11.8 Å². The zero-order valence-electron chi connectivity index (χ0n) is 8.59. The summed E-state index contributed by atoms with van der Waals surface area (Å²) in [4.78, 5) is 20.9. The molecule has 2 atom stereocenters. The first kappa shape index (κ1) is 12.2. The Morgan fingerprint density at radius 3 is 2.31 bits per heavy atom. The molecule has 2 amide bonds. The Morgan fingerprint density at radius 2 is 1.81 bits per heavy atom. The molecule has 0 radical (unpaired) electrons. The van der Waals surface area contributed by atoms with Crippen LogP contribution in [0.25, 0.3) is 0 Å². The van der Waals surface area contributed by atoms with E-state index in [0.29, 0.717) is 18.4 Å². The van der Waals surface area contributed by atoms with Gasteiger partial charge in [0.1, 0.15) is 11.8 Å². The minimum atomic E-state index is -1.33. The van der Waals surface area contributed by atoms with Crippen LogP contribution in [0.15, 0.2) is 30.3 Å². The molecule has 1 rings (SSSR count). The molecule has 0 saturated carbocycles. The van der Waals surface area contributed by atoms with E-state index in [1.807, 2.05) is 6.07 Å². The van der Waals surface area contributed by atoms with Crippen molar-refractivity contribution in [2.75, 3.05) is 0 Å². The highest BCUT2D eigenvalue weighted by Gasteiger charge is 2.33. The SMILES string of the molecule is NC(NC=O)C(N)(NC=O)c1ccccc1. The number of rotatable bonds is 6. The third kappa shape index (κ3) is 2.36. The van der Waals surface area contributed by atoms with Gasteiger partial charge in [-0.2, -0.15) is 0 Å². The van der Waals surface area contributed by atoms with Crippen LogP contribution in [0.5, 0.6) is 0 Å². The monoisotopic (exact) mass is 222 g/mol. The summed E-state index contributed by atoms with van der Waals surface area (Å²) in [6.07, 6.45) is -0.0429. The molecule has 0 fully saturated rings. The highest BCUT2D eigenvalue weighted by molar-refractivity contribution is 5.52. The molecule has 0 aliphatic rings. The summed E-state index contributed by atoms with van der Waals surface area (Å²) in [6, 6.07) is 8.75. The molecule has 0 saturated heterocycles. The van der Waals surface area contributed by atoms with Crippen molar-refractivity contribution in [1.29, 1.82) is 0 Å². The molecule has 0 heterocycles. The Kier molecular flexibility index (Phi) is 3.98. The van der Waals surface area contributed by atoms with Crippen molar-refractivity contribution in [2.24, 2.45) is 11.5 Å². The molecule has 6 heteroatoms. The number of hydrogen-bond acceptors (Lipinski definition) is 4. The summed E-state index contributed by atoms with van der Waals surface area (Å²) in [5, 5.41) is 4.73. The van der Waals surface area contributed by atoms with Crippen LogP contribution < -0.4 is 22.1 Å². The van der Waals surface area contributed by atoms with Gasteiger partial charge in [-0.1, -0.05) is 30.3 Å². The van der Waals surface area contributed by atoms with E-state index in [4.69, 9.17) is 11.5 Å². The zero-order valence-corrected chi connectivity index (χ0v) is 8.59. The first-order valence-electron chi connectivity index (χ1n) is 4.66. The van der Waals surface area contributed by atoms with E-state index in [-0.39, 0.29) is 0 Å². The summed E-state index contributed by atoms with van der Waals surface area (Å²) >= 11 is 0. The Balaban J connectivity index is 3.05. The highest BCUT2D eigenvalue weighted by Crippen LogP contribution is 2.16. The summed E-state index contributed by atoms with van der Waals surface area (Å²) < 4.78 is 0. The fraction of sp³-hybridized carbons (Fsp3) is 0.200. The van der Waals surface area contributed by atoms with Gasteiger partial charge in [0, 0.05) is 0 Å². The highest BCUT2D eigenvalue weighted by atomic mass is 16.1. The lowest BCUT2D eigenvalue weighted by Gasteiger charge is -2.34. The molecule has 86 valence electrons. The molecule has 0 aliphatic heterocycles. The molecule has 0 bridgehead atoms. The summed E-state index contributed by atoms with van der Waals surface area (Å²) in [6.45, 7) is 0. The lowest BCUT2D eigenvalue weighted by Crippen LogP contribution is -2.66. The number of amides is 2. The number of hydrogen-bond donors (Lipinski definition) is 4. The van der Waals surface area contributed by atoms with Gasteiger partial charge in [-0.05, 0) is 5.56 Å². The van der Waals surface area contributed by atoms with Crippen molar-refractivity contribution >= 4 is 12.8 Å². The molecule has 1 aromatic carbocycles. The van der Waals surface area contributed by atoms with Crippen LogP contribution in [0.3, 0.4) is 0 Å². The first-order chi connectivity index (χ1) is 7.65. The van der Waals surface area contributed by atoms with E-state index < -0.39 is 11.8 Å². The van der Waals surface area contributed by atoms with Gasteiger partial charge in [0.2, 0.25) is 12.8 Å². The van der Waals surface area contributed by atoms with Gasteiger partial charge in [0.15, 0.2) is 0 Å². The van der Waals surface area contributed by atoms with Crippen LogP contribution in [0.2, 0.25) is 0 Å². The van der Waals surface area contributed by atoms with Crippen LogP contribution in [-0.2, 0) is 15.3 Å². The quantitative estimate of drug-likeness (QED) is 0.349. The second-order valence-electron chi connectivity index (χ2n) is 3.26. The molecule has 1 aromatic rings. The zero-order chi connectivity index (χ0) is 12.0. The maximum absolute atomic E-state index is 10.5. The summed E-state index contributed by atoms with van der Waals surface area (Å²) in [5.41, 5.74) is 10.9. The summed E-state index contributed by atoms with van der Waals surface area (Å²) in [7, 11) is 0. The largest absolute Gasteiger partial charge is 0.340 e. The minimum Gasteiger partial charge on any atom is -0.340 e. The number of benzene rings is 1. The van der Waals surface area contributed by atoms with Gasteiger partial charge < -0.3 is 22.1 Å². The predicted molar refractivity (Wildman–Crippen MR) is 58.7 cm³/mol. The average molecular weight is 222 g/mol. The van der Waals surface area contributed by atoms with Gasteiger partial charge >= 0.3 is 0 Å². The first-order valence-corrected chi connectivity index (χ1v) is 4.66. The molecule has 0 aromatic heterocycles. The van der Waals surface area contributed by atoms with Crippen LogP contribution in [0, 0.1) is 0 Å². The second kappa shape index (κ2) is 5.24. The molecule has 16 heavy (non-hydrogen) atoms. The van der Waals surface area contributed by atoms with Crippen molar-refractivity contribution in [3.05, 3.63) is 35.9 Å². The average Bonchev–Trinajstić information content (AvgIpc) is 2.30. The van der Waals surface area contributed by atoms with Crippen LogP contribution in [0.4, 0.5) is 0 Å². The van der Waals surface area contributed by atoms with E-state index in [1.54, 1.807) is 24.3 Å². The van der Waals surface area contributed by atoms with Crippen LogP contribution >= 0.6 is 0 Å². The fourth-order valence-corrected chi connectivity index (χ4v) is 1.37. The molecular formula is C10H14N4O2. The van der Waals surface area contributed by atoms with E-state index in [1.165, 1.54) is 0 Å². The topological polar surface area (TPSA) is 110 Å². The normalized spacial score (nSPS) is 15.6. The number of nitrogens with one attached hydrogen (secondary N) is 2. The molecule has 0 aliphatic carbocycles. The lowest BCUT2D eigenvalue weighted by atomic mass is 9.97. The predicted octanol–water partition coefficient (Wildman–Crippen LogP) is -1.43. The molecule has 2 unspecified atom stereocenters. The Morgan fingerprint density at radius 1 is 1.19 bits per heavy atom. The molecule has 6 nitrogen and oxygen atoms in total. The van der Waals surface area contributed by atoms with E-state index >= 15 is 0 Å². The maximum Gasteiger partial charge on any atom is 0.208 e.